The van der Waals surface area contributed by atoms with Crippen LogP contribution in [0.15, 0.2) is 35.2 Å². The average Bonchev–Trinajstić information content (AvgIpc) is 2.68. The maximum atomic E-state index is 6.24. The van der Waals surface area contributed by atoms with Crippen LogP contribution in [0.3, 0.4) is 0 Å². The standard InChI is InChI=1S/C11H8Cl3NO/c12-9(8-2-4-16-11(8)14)5-7-1-3-15-6-10(7)13/h1-4,6,9H,5H2. The molecular weight excluding hydrogens is 268 g/mol. The molecule has 0 N–H and O–H groups in total. The number of aromatic nitrogens is 1. The number of hydrogen-bond acceptors (Lipinski definition) is 2. The average molecular weight is 277 g/mol. The lowest BCUT2D eigenvalue weighted by molar-refractivity contribution is 0.565. The first-order valence-electron chi connectivity index (χ1n) is 4.64. The summed E-state index contributed by atoms with van der Waals surface area (Å²) in [5, 5.41) is 0.670. The maximum Gasteiger partial charge on any atom is 0.197 e. The third-order valence-electron chi connectivity index (χ3n) is 2.24. The second kappa shape index (κ2) is 5.09. The van der Waals surface area contributed by atoms with Gasteiger partial charge in [0.15, 0.2) is 5.22 Å². The summed E-state index contributed by atoms with van der Waals surface area (Å²) in [4.78, 5) is 3.91. The van der Waals surface area contributed by atoms with E-state index in [1.165, 1.54) is 6.26 Å². The normalized spacial score (nSPS) is 12.7. The van der Waals surface area contributed by atoms with Crippen LogP contribution in [0.2, 0.25) is 10.2 Å². The zero-order valence-electron chi connectivity index (χ0n) is 8.16. The summed E-state index contributed by atoms with van der Waals surface area (Å²) in [6.45, 7) is 0. The molecule has 0 aliphatic heterocycles. The van der Waals surface area contributed by atoms with Crippen LogP contribution in [-0.4, -0.2) is 4.98 Å². The van der Waals surface area contributed by atoms with Gasteiger partial charge in [-0.2, -0.15) is 0 Å². The van der Waals surface area contributed by atoms with Crippen molar-refractivity contribution in [2.75, 3.05) is 0 Å². The summed E-state index contributed by atoms with van der Waals surface area (Å²) >= 11 is 18.1. The first-order chi connectivity index (χ1) is 7.68. The molecule has 16 heavy (non-hydrogen) atoms. The topological polar surface area (TPSA) is 26.0 Å². The lowest BCUT2D eigenvalue weighted by atomic mass is 10.1. The summed E-state index contributed by atoms with van der Waals surface area (Å²) in [7, 11) is 0. The SMILES string of the molecule is Clc1cnccc1CC(Cl)c1ccoc1Cl. The van der Waals surface area contributed by atoms with Crippen molar-refractivity contribution in [3.05, 3.63) is 52.2 Å². The van der Waals surface area contributed by atoms with Gasteiger partial charge in [0.2, 0.25) is 0 Å². The van der Waals surface area contributed by atoms with E-state index in [0.717, 1.165) is 11.1 Å². The molecule has 2 aromatic rings. The van der Waals surface area contributed by atoms with Crippen LogP contribution in [0.1, 0.15) is 16.5 Å². The first kappa shape index (κ1) is 11.8. The van der Waals surface area contributed by atoms with Gasteiger partial charge in [-0.3, -0.25) is 4.98 Å². The molecular formula is C11H8Cl3NO. The van der Waals surface area contributed by atoms with Gasteiger partial charge >= 0.3 is 0 Å². The van der Waals surface area contributed by atoms with Crippen molar-refractivity contribution in [3.63, 3.8) is 0 Å². The van der Waals surface area contributed by atoms with E-state index in [4.69, 9.17) is 39.2 Å². The van der Waals surface area contributed by atoms with Crippen LogP contribution < -0.4 is 0 Å². The van der Waals surface area contributed by atoms with Crippen molar-refractivity contribution in [1.82, 2.24) is 4.98 Å². The van der Waals surface area contributed by atoms with Gasteiger partial charge in [-0.15, -0.1) is 11.6 Å². The highest BCUT2D eigenvalue weighted by atomic mass is 35.5. The van der Waals surface area contributed by atoms with E-state index in [-0.39, 0.29) is 5.38 Å². The Balaban J connectivity index is 2.17. The monoisotopic (exact) mass is 275 g/mol. The predicted octanol–water partition coefficient (Wildman–Crippen LogP) is 4.50. The van der Waals surface area contributed by atoms with Crippen LogP contribution >= 0.6 is 34.8 Å². The number of rotatable bonds is 3. The van der Waals surface area contributed by atoms with Crippen molar-refractivity contribution < 1.29 is 4.42 Å². The summed E-state index contributed by atoms with van der Waals surface area (Å²) in [5.41, 5.74) is 1.71. The zero-order chi connectivity index (χ0) is 11.5. The van der Waals surface area contributed by atoms with Gasteiger partial charge in [-0.25, -0.2) is 0 Å². The largest absolute Gasteiger partial charge is 0.453 e. The molecule has 2 heterocycles. The van der Waals surface area contributed by atoms with E-state index in [1.54, 1.807) is 18.5 Å². The molecule has 0 aliphatic rings. The molecule has 0 aromatic carbocycles. The van der Waals surface area contributed by atoms with Gasteiger partial charge < -0.3 is 4.42 Å². The van der Waals surface area contributed by atoms with Crippen molar-refractivity contribution >= 4 is 34.8 Å². The Kier molecular flexibility index (Phi) is 3.74. The number of furan rings is 1. The highest BCUT2D eigenvalue weighted by Crippen LogP contribution is 2.32. The van der Waals surface area contributed by atoms with E-state index in [1.807, 2.05) is 6.07 Å². The Hall–Kier alpha value is -0.700. The van der Waals surface area contributed by atoms with Crippen LogP contribution in [0.25, 0.3) is 0 Å². The molecule has 84 valence electrons. The van der Waals surface area contributed by atoms with Crippen molar-refractivity contribution in [2.24, 2.45) is 0 Å². The van der Waals surface area contributed by atoms with Crippen molar-refractivity contribution in [3.8, 4) is 0 Å². The summed E-state index contributed by atoms with van der Waals surface area (Å²) in [5.74, 6) is 0. The molecule has 0 saturated carbocycles. The second-order valence-corrected chi connectivity index (χ2v) is 4.57. The maximum absolute atomic E-state index is 6.24. The van der Waals surface area contributed by atoms with Gasteiger partial charge in [0.25, 0.3) is 0 Å². The Morgan fingerprint density at radius 1 is 1.31 bits per heavy atom. The smallest absolute Gasteiger partial charge is 0.197 e. The van der Waals surface area contributed by atoms with E-state index in [9.17, 15) is 0 Å². The van der Waals surface area contributed by atoms with Gasteiger partial charge in [0.1, 0.15) is 0 Å². The molecule has 5 heteroatoms. The Morgan fingerprint density at radius 2 is 2.12 bits per heavy atom. The lowest BCUT2D eigenvalue weighted by Crippen LogP contribution is -1.96. The molecule has 2 nitrogen and oxygen atoms in total. The first-order valence-corrected chi connectivity index (χ1v) is 5.83. The van der Waals surface area contributed by atoms with E-state index >= 15 is 0 Å². The molecule has 2 rings (SSSR count). The summed E-state index contributed by atoms with van der Waals surface area (Å²) in [6, 6.07) is 3.60. The molecule has 0 amide bonds. The van der Waals surface area contributed by atoms with Crippen LogP contribution in [0, 0.1) is 0 Å². The minimum Gasteiger partial charge on any atom is -0.453 e. The quantitative estimate of drug-likeness (QED) is 0.771. The number of pyridine rings is 1. The minimum absolute atomic E-state index is 0.258. The van der Waals surface area contributed by atoms with Crippen molar-refractivity contribution in [1.29, 1.82) is 0 Å². The third kappa shape index (κ3) is 2.51. The predicted molar refractivity (Wildman–Crippen MR) is 65.3 cm³/mol. The minimum atomic E-state index is -0.258. The molecule has 2 aromatic heterocycles. The number of alkyl halides is 1. The van der Waals surface area contributed by atoms with Gasteiger partial charge in [0, 0.05) is 18.0 Å². The van der Waals surface area contributed by atoms with Crippen LogP contribution in [0.4, 0.5) is 0 Å². The molecule has 0 spiro atoms. The van der Waals surface area contributed by atoms with Gasteiger partial charge in [-0.05, 0) is 35.7 Å². The second-order valence-electron chi connectivity index (χ2n) is 3.29. The molecule has 0 radical (unpaired) electrons. The van der Waals surface area contributed by atoms with Crippen LogP contribution in [0.5, 0.6) is 0 Å². The Bertz CT molecular complexity index is 484. The zero-order valence-corrected chi connectivity index (χ0v) is 10.4. The molecule has 0 aliphatic carbocycles. The van der Waals surface area contributed by atoms with Crippen molar-refractivity contribution in [2.45, 2.75) is 11.8 Å². The summed E-state index contributed by atoms with van der Waals surface area (Å²) < 4.78 is 4.99. The number of halogens is 3. The molecule has 0 bridgehead atoms. The van der Waals surface area contributed by atoms with Crippen LogP contribution in [-0.2, 0) is 6.42 Å². The van der Waals surface area contributed by atoms with Gasteiger partial charge in [0.05, 0.1) is 16.7 Å². The lowest BCUT2D eigenvalue weighted by Gasteiger charge is -2.08. The number of hydrogen-bond donors (Lipinski definition) is 0. The van der Waals surface area contributed by atoms with E-state index in [0.29, 0.717) is 16.7 Å². The highest BCUT2D eigenvalue weighted by molar-refractivity contribution is 6.32. The fourth-order valence-corrected chi connectivity index (χ4v) is 2.24. The molecule has 1 unspecified atom stereocenters. The molecule has 0 fully saturated rings. The highest BCUT2D eigenvalue weighted by Gasteiger charge is 2.16. The van der Waals surface area contributed by atoms with E-state index < -0.39 is 0 Å². The fourth-order valence-electron chi connectivity index (χ4n) is 1.40. The van der Waals surface area contributed by atoms with E-state index in [2.05, 4.69) is 4.98 Å². The third-order valence-corrected chi connectivity index (χ3v) is 3.28. The number of nitrogens with zero attached hydrogens (tertiary/aromatic N) is 1. The summed E-state index contributed by atoms with van der Waals surface area (Å²) in [6.07, 6.45) is 5.38. The fraction of sp³-hybridized carbons (Fsp3) is 0.182. The molecule has 0 saturated heterocycles. The molecule has 1 atom stereocenters. The van der Waals surface area contributed by atoms with Gasteiger partial charge in [-0.1, -0.05) is 11.6 Å². The Labute approximate surface area is 108 Å². The Morgan fingerprint density at radius 3 is 2.75 bits per heavy atom.